The molecule has 0 saturated heterocycles. The lowest BCUT2D eigenvalue weighted by Gasteiger charge is -2.23. The fourth-order valence-corrected chi connectivity index (χ4v) is 2.99. The third-order valence-electron chi connectivity index (χ3n) is 2.45. The molecule has 1 heterocycles. The Morgan fingerprint density at radius 2 is 2.11 bits per heavy atom. The molecule has 0 amide bonds. The number of aromatic nitrogens is 2. The molecular formula is C11H22N4O2S. The fraction of sp³-hybridized carbons (Fsp3) is 0.727. The minimum absolute atomic E-state index is 0.0973. The second-order valence-corrected chi connectivity index (χ2v) is 6.86. The van der Waals surface area contributed by atoms with Gasteiger partial charge in [-0.25, -0.2) is 13.1 Å². The average Bonchev–Trinajstić information content (AvgIpc) is 2.66. The molecule has 18 heavy (non-hydrogen) atoms. The Morgan fingerprint density at radius 1 is 1.44 bits per heavy atom. The molecule has 0 aliphatic heterocycles. The van der Waals surface area contributed by atoms with Crippen LogP contribution in [0.15, 0.2) is 17.3 Å². The minimum atomic E-state index is -3.48. The molecule has 0 aromatic carbocycles. The molecule has 0 spiro atoms. The number of rotatable bonds is 7. The molecular weight excluding hydrogens is 252 g/mol. The van der Waals surface area contributed by atoms with E-state index in [4.69, 9.17) is 0 Å². The fourth-order valence-electron chi connectivity index (χ4n) is 1.84. The maximum Gasteiger partial charge on any atom is 0.243 e. The van der Waals surface area contributed by atoms with Crippen molar-refractivity contribution in [3.8, 4) is 0 Å². The van der Waals surface area contributed by atoms with E-state index in [1.54, 1.807) is 0 Å². The smallest absolute Gasteiger partial charge is 0.243 e. The maximum atomic E-state index is 12.1. The van der Waals surface area contributed by atoms with Crippen LogP contribution in [0.1, 0.15) is 20.3 Å². The quantitative estimate of drug-likeness (QED) is 0.766. The topological polar surface area (TPSA) is 78.1 Å². The molecule has 0 fully saturated rings. The highest BCUT2D eigenvalue weighted by molar-refractivity contribution is 7.89. The van der Waals surface area contributed by atoms with Gasteiger partial charge in [-0.15, -0.1) is 0 Å². The van der Waals surface area contributed by atoms with Crippen LogP contribution in [0.5, 0.6) is 0 Å². The summed E-state index contributed by atoms with van der Waals surface area (Å²) >= 11 is 0. The minimum Gasteiger partial charge on any atom is -0.308 e. The molecule has 1 rings (SSSR count). The molecule has 0 saturated carbocycles. The first-order valence-corrected chi connectivity index (χ1v) is 7.45. The second kappa shape index (κ2) is 6.31. The van der Waals surface area contributed by atoms with Crippen LogP contribution in [0, 0.1) is 5.92 Å². The van der Waals surface area contributed by atoms with Crippen molar-refractivity contribution in [3.63, 3.8) is 0 Å². The summed E-state index contributed by atoms with van der Waals surface area (Å²) in [5.74, 6) is 0.432. The summed E-state index contributed by atoms with van der Waals surface area (Å²) in [7, 11) is 0.382. The lowest BCUT2D eigenvalue weighted by Crippen LogP contribution is -2.42. The van der Waals surface area contributed by atoms with Crippen LogP contribution < -0.4 is 4.72 Å². The summed E-state index contributed by atoms with van der Waals surface area (Å²) in [5.41, 5.74) is 0. The van der Waals surface area contributed by atoms with Crippen molar-refractivity contribution >= 4 is 10.0 Å². The van der Waals surface area contributed by atoms with Gasteiger partial charge in [-0.05, 0) is 26.4 Å². The largest absolute Gasteiger partial charge is 0.308 e. The van der Waals surface area contributed by atoms with Gasteiger partial charge in [-0.3, -0.25) is 5.10 Å². The number of H-pyrrole nitrogens is 1. The third kappa shape index (κ3) is 4.75. The van der Waals surface area contributed by atoms with E-state index < -0.39 is 10.0 Å². The normalized spacial score (nSPS) is 14.3. The number of aromatic amines is 1. The van der Waals surface area contributed by atoms with Gasteiger partial charge in [0, 0.05) is 18.8 Å². The van der Waals surface area contributed by atoms with Crippen LogP contribution >= 0.6 is 0 Å². The van der Waals surface area contributed by atoms with Crippen molar-refractivity contribution in [2.45, 2.75) is 31.2 Å². The van der Waals surface area contributed by atoms with E-state index >= 15 is 0 Å². The predicted molar refractivity (Wildman–Crippen MR) is 70.7 cm³/mol. The zero-order valence-corrected chi connectivity index (χ0v) is 12.2. The molecule has 0 aliphatic carbocycles. The van der Waals surface area contributed by atoms with Crippen LogP contribution in [-0.4, -0.2) is 50.2 Å². The number of nitrogens with zero attached hydrogens (tertiary/aromatic N) is 2. The molecule has 1 aromatic rings. The van der Waals surface area contributed by atoms with Gasteiger partial charge < -0.3 is 4.90 Å². The summed E-state index contributed by atoms with van der Waals surface area (Å²) < 4.78 is 26.9. The van der Waals surface area contributed by atoms with E-state index in [0.29, 0.717) is 12.5 Å². The van der Waals surface area contributed by atoms with Crippen molar-refractivity contribution in [2.75, 3.05) is 20.6 Å². The third-order valence-corrected chi connectivity index (χ3v) is 3.93. The first-order chi connectivity index (χ1) is 8.31. The van der Waals surface area contributed by atoms with Gasteiger partial charge >= 0.3 is 0 Å². The predicted octanol–water partition coefficient (Wildman–Crippen LogP) is 0.664. The molecule has 0 bridgehead atoms. The molecule has 7 heteroatoms. The molecule has 1 unspecified atom stereocenters. The van der Waals surface area contributed by atoms with Gasteiger partial charge in [0.25, 0.3) is 0 Å². The molecule has 1 aromatic heterocycles. The Morgan fingerprint density at radius 3 is 2.56 bits per heavy atom. The van der Waals surface area contributed by atoms with Crippen molar-refractivity contribution in [1.82, 2.24) is 19.8 Å². The highest BCUT2D eigenvalue weighted by atomic mass is 32.2. The molecule has 104 valence electrons. The summed E-state index contributed by atoms with van der Waals surface area (Å²) in [6, 6.07) is -0.0973. The maximum absolute atomic E-state index is 12.1. The first-order valence-electron chi connectivity index (χ1n) is 5.97. The zero-order chi connectivity index (χ0) is 13.8. The van der Waals surface area contributed by atoms with Crippen molar-refractivity contribution < 1.29 is 8.42 Å². The SMILES string of the molecule is CC(C)CC(CN(C)C)NS(=O)(=O)c1cn[nH]c1. The Balaban J connectivity index is 2.76. The summed E-state index contributed by atoms with van der Waals surface area (Å²) in [4.78, 5) is 2.15. The van der Waals surface area contributed by atoms with E-state index in [-0.39, 0.29) is 10.9 Å². The van der Waals surface area contributed by atoms with E-state index in [9.17, 15) is 8.42 Å². The second-order valence-electron chi connectivity index (χ2n) is 5.14. The van der Waals surface area contributed by atoms with Crippen molar-refractivity contribution in [3.05, 3.63) is 12.4 Å². The Kier molecular flexibility index (Phi) is 5.30. The Labute approximate surface area is 109 Å². The van der Waals surface area contributed by atoms with Gasteiger partial charge in [-0.1, -0.05) is 13.8 Å². The van der Waals surface area contributed by atoms with Crippen LogP contribution in [0.25, 0.3) is 0 Å². The van der Waals surface area contributed by atoms with E-state index in [0.717, 1.165) is 6.42 Å². The molecule has 0 aliphatic rings. The molecule has 1 atom stereocenters. The average molecular weight is 274 g/mol. The van der Waals surface area contributed by atoms with E-state index in [1.165, 1.54) is 12.4 Å². The number of sulfonamides is 1. The van der Waals surface area contributed by atoms with Crippen LogP contribution in [0.4, 0.5) is 0 Å². The number of likely N-dealkylation sites (N-methyl/N-ethyl adjacent to an activating group) is 1. The lowest BCUT2D eigenvalue weighted by molar-refractivity contribution is 0.329. The molecule has 0 radical (unpaired) electrons. The zero-order valence-electron chi connectivity index (χ0n) is 11.3. The van der Waals surface area contributed by atoms with Crippen LogP contribution in [0.3, 0.4) is 0 Å². The van der Waals surface area contributed by atoms with Gasteiger partial charge in [-0.2, -0.15) is 5.10 Å². The summed E-state index contributed by atoms with van der Waals surface area (Å²) in [6.45, 7) is 4.83. The monoisotopic (exact) mass is 274 g/mol. The van der Waals surface area contributed by atoms with E-state index in [1.807, 2.05) is 19.0 Å². The lowest BCUT2D eigenvalue weighted by atomic mass is 10.0. The summed E-state index contributed by atoms with van der Waals surface area (Å²) in [5, 5.41) is 6.17. The van der Waals surface area contributed by atoms with Gasteiger partial charge in [0.2, 0.25) is 10.0 Å². The first kappa shape index (κ1) is 15.1. The van der Waals surface area contributed by atoms with Crippen LogP contribution in [-0.2, 0) is 10.0 Å². The van der Waals surface area contributed by atoms with Gasteiger partial charge in [0.1, 0.15) is 4.90 Å². The highest BCUT2D eigenvalue weighted by Crippen LogP contribution is 2.11. The number of hydrogen-bond donors (Lipinski definition) is 2. The Hall–Kier alpha value is -0.920. The highest BCUT2D eigenvalue weighted by Gasteiger charge is 2.22. The van der Waals surface area contributed by atoms with E-state index in [2.05, 4.69) is 28.8 Å². The van der Waals surface area contributed by atoms with Gasteiger partial charge in [0.15, 0.2) is 0 Å². The number of hydrogen-bond acceptors (Lipinski definition) is 4. The standard InChI is InChI=1S/C11H22N4O2S/c1-9(2)5-10(8-15(3)4)14-18(16,17)11-6-12-13-7-11/h6-7,9-10,14H,5,8H2,1-4H3,(H,12,13). The molecule has 6 nitrogen and oxygen atoms in total. The number of nitrogens with one attached hydrogen (secondary N) is 2. The van der Waals surface area contributed by atoms with Crippen molar-refractivity contribution in [1.29, 1.82) is 0 Å². The van der Waals surface area contributed by atoms with Crippen molar-refractivity contribution in [2.24, 2.45) is 5.92 Å². The van der Waals surface area contributed by atoms with Gasteiger partial charge in [0.05, 0.1) is 6.20 Å². The summed E-state index contributed by atoms with van der Waals surface area (Å²) in [6.07, 6.45) is 3.49. The van der Waals surface area contributed by atoms with Crippen LogP contribution in [0.2, 0.25) is 0 Å². The molecule has 2 N–H and O–H groups in total. The Bertz CT molecular complexity index is 430.